The van der Waals surface area contributed by atoms with Crippen LogP contribution in [0, 0.1) is 0 Å². The highest BCUT2D eigenvalue weighted by Gasteiger charge is 2.24. The summed E-state index contributed by atoms with van der Waals surface area (Å²) in [6.45, 7) is 8.35. The van der Waals surface area contributed by atoms with E-state index in [0.717, 1.165) is 0 Å². The maximum Gasteiger partial charge on any atom is 0.408 e. The number of alkyl carbamates (subject to hydrolysis) is 1. The van der Waals surface area contributed by atoms with Crippen molar-refractivity contribution in [1.82, 2.24) is 5.32 Å². The molecule has 1 atom stereocenters. The van der Waals surface area contributed by atoms with Gasteiger partial charge in [-0.1, -0.05) is 12.7 Å². The van der Waals surface area contributed by atoms with Crippen molar-refractivity contribution in [1.29, 1.82) is 0 Å². The third kappa shape index (κ3) is 7.67. The molecular weight excluding hydrogens is 238 g/mol. The number of amides is 1. The van der Waals surface area contributed by atoms with Crippen LogP contribution in [0.2, 0.25) is 0 Å². The molecule has 0 heterocycles. The molecule has 1 amide bonds. The molecule has 0 saturated heterocycles. The molecule has 2 N–H and O–H groups in total. The molecule has 18 heavy (non-hydrogen) atoms. The predicted molar refractivity (Wildman–Crippen MR) is 66.0 cm³/mol. The van der Waals surface area contributed by atoms with Crippen molar-refractivity contribution in [2.45, 2.75) is 38.8 Å². The standard InChI is InChI=1S/C12H21NO5/c1-5-8-17-10(15)9(6-7-14)13-11(16)18-12(2,3)4/h5,9,14H,1,6-8H2,2-4H3,(H,13,16)/t9-/m0/s1. The Balaban J connectivity index is 4.38. The average Bonchev–Trinajstić information content (AvgIpc) is 2.22. The van der Waals surface area contributed by atoms with Gasteiger partial charge in [0.2, 0.25) is 0 Å². The Kier molecular flexibility index (Phi) is 7.04. The second kappa shape index (κ2) is 7.71. The van der Waals surface area contributed by atoms with Gasteiger partial charge in [-0.25, -0.2) is 9.59 Å². The van der Waals surface area contributed by atoms with Crippen LogP contribution in [0.1, 0.15) is 27.2 Å². The van der Waals surface area contributed by atoms with Crippen molar-refractivity contribution < 1.29 is 24.2 Å². The highest BCUT2D eigenvalue weighted by molar-refractivity contribution is 5.81. The van der Waals surface area contributed by atoms with E-state index < -0.39 is 23.7 Å². The molecule has 6 heteroatoms. The van der Waals surface area contributed by atoms with Crippen LogP contribution in [0.5, 0.6) is 0 Å². The first-order valence-corrected chi connectivity index (χ1v) is 5.68. The quantitative estimate of drug-likeness (QED) is 0.549. The molecule has 0 radical (unpaired) electrons. The Labute approximate surface area is 107 Å². The molecule has 6 nitrogen and oxygen atoms in total. The van der Waals surface area contributed by atoms with Crippen LogP contribution in [0.25, 0.3) is 0 Å². The van der Waals surface area contributed by atoms with Gasteiger partial charge in [-0.2, -0.15) is 0 Å². The van der Waals surface area contributed by atoms with Gasteiger partial charge in [-0.05, 0) is 20.8 Å². The molecule has 0 saturated carbocycles. The van der Waals surface area contributed by atoms with E-state index in [1.165, 1.54) is 6.08 Å². The van der Waals surface area contributed by atoms with E-state index in [1.807, 2.05) is 0 Å². The number of esters is 1. The fourth-order valence-electron chi connectivity index (χ4n) is 1.07. The SMILES string of the molecule is C=CCOC(=O)[C@H](CCO)NC(=O)OC(C)(C)C. The van der Waals surface area contributed by atoms with Crippen LogP contribution >= 0.6 is 0 Å². The van der Waals surface area contributed by atoms with Crippen LogP contribution < -0.4 is 5.32 Å². The summed E-state index contributed by atoms with van der Waals surface area (Å²) in [6.07, 6.45) is 0.757. The third-order valence-electron chi connectivity index (χ3n) is 1.74. The van der Waals surface area contributed by atoms with Gasteiger partial charge in [0.15, 0.2) is 0 Å². The zero-order valence-corrected chi connectivity index (χ0v) is 11.1. The Morgan fingerprint density at radius 3 is 2.50 bits per heavy atom. The van der Waals surface area contributed by atoms with E-state index in [-0.39, 0.29) is 19.6 Å². The van der Waals surface area contributed by atoms with Gasteiger partial charge in [0.25, 0.3) is 0 Å². The first-order valence-electron chi connectivity index (χ1n) is 5.68. The van der Waals surface area contributed by atoms with Crippen LogP contribution in [0.15, 0.2) is 12.7 Å². The van der Waals surface area contributed by atoms with E-state index in [2.05, 4.69) is 11.9 Å². The Morgan fingerprint density at radius 1 is 1.44 bits per heavy atom. The third-order valence-corrected chi connectivity index (χ3v) is 1.74. The normalized spacial score (nSPS) is 12.4. The van der Waals surface area contributed by atoms with Gasteiger partial charge in [-0.15, -0.1) is 0 Å². The fraction of sp³-hybridized carbons (Fsp3) is 0.667. The number of rotatable bonds is 6. The van der Waals surface area contributed by atoms with E-state index >= 15 is 0 Å². The minimum atomic E-state index is -0.926. The number of carbonyl (C=O) groups is 2. The van der Waals surface area contributed by atoms with Crippen LogP contribution in [-0.2, 0) is 14.3 Å². The number of ether oxygens (including phenoxy) is 2. The molecule has 0 aromatic rings. The van der Waals surface area contributed by atoms with Crippen LogP contribution in [-0.4, -0.2) is 42.0 Å². The van der Waals surface area contributed by atoms with E-state index in [9.17, 15) is 9.59 Å². The summed E-state index contributed by atoms with van der Waals surface area (Å²) in [4.78, 5) is 23.0. The second-order valence-corrected chi connectivity index (χ2v) is 4.63. The molecule has 0 aromatic carbocycles. The molecule has 0 aliphatic heterocycles. The lowest BCUT2D eigenvalue weighted by Crippen LogP contribution is -2.44. The zero-order chi connectivity index (χ0) is 14.2. The van der Waals surface area contributed by atoms with E-state index in [4.69, 9.17) is 14.6 Å². The first-order chi connectivity index (χ1) is 8.30. The zero-order valence-electron chi connectivity index (χ0n) is 11.1. The van der Waals surface area contributed by atoms with Gasteiger partial charge in [-0.3, -0.25) is 0 Å². The summed E-state index contributed by atoms with van der Waals surface area (Å²) >= 11 is 0. The second-order valence-electron chi connectivity index (χ2n) is 4.63. The lowest BCUT2D eigenvalue weighted by molar-refractivity contribution is -0.145. The van der Waals surface area contributed by atoms with Crippen LogP contribution in [0.4, 0.5) is 4.79 Å². The monoisotopic (exact) mass is 259 g/mol. The van der Waals surface area contributed by atoms with Crippen molar-refractivity contribution in [3.05, 3.63) is 12.7 Å². The van der Waals surface area contributed by atoms with Crippen molar-refractivity contribution in [3.63, 3.8) is 0 Å². The van der Waals surface area contributed by atoms with Crippen molar-refractivity contribution in [3.8, 4) is 0 Å². The largest absolute Gasteiger partial charge is 0.460 e. The fourth-order valence-corrected chi connectivity index (χ4v) is 1.07. The first kappa shape index (κ1) is 16.4. The number of hydrogen-bond acceptors (Lipinski definition) is 5. The molecule has 0 bridgehead atoms. The Hall–Kier alpha value is -1.56. The van der Waals surface area contributed by atoms with E-state index in [0.29, 0.717) is 0 Å². The number of hydrogen-bond donors (Lipinski definition) is 2. The maximum atomic E-state index is 11.5. The number of aliphatic hydroxyl groups excluding tert-OH is 1. The molecule has 0 aromatic heterocycles. The molecule has 0 fully saturated rings. The average molecular weight is 259 g/mol. The minimum Gasteiger partial charge on any atom is -0.460 e. The smallest absolute Gasteiger partial charge is 0.408 e. The highest BCUT2D eigenvalue weighted by atomic mass is 16.6. The number of nitrogens with one attached hydrogen (secondary N) is 1. The highest BCUT2D eigenvalue weighted by Crippen LogP contribution is 2.07. The van der Waals surface area contributed by atoms with Crippen molar-refractivity contribution >= 4 is 12.1 Å². The Bertz CT molecular complexity index is 295. The van der Waals surface area contributed by atoms with Gasteiger partial charge < -0.3 is 19.9 Å². The Morgan fingerprint density at radius 2 is 2.06 bits per heavy atom. The van der Waals surface area contributed by atoms with E-state index in [1.54, 1.807) is 20.8 Å². The molecule has 0 unspecified atom stereocenters. The summed E-state index contributed by atoms with van der Waals surface area (Å²) < 4.78 is 9.81. The molecule has 0 aliphatic rings. The van der Waals surface area contributed by atoms with Gasteiger partial charge >= 0.3 is 12.1 Å². The summed E-state index contributed by atoms with van der Waals surface area (Å²) in [7, 11) is 0. The minimum absolute atomic E-state index is 0.0523. The maximum absolute atomic E-state index is 11.5. The summed E-state index contributed by atoms with van der Waals surface area (Å²) in [5.74, 6) is -0.630. The van der Waals surface area contributed by atoms with Gasteiger partial charge in [0.1, 0.15) is 18.2 Å². The van der Waals surface area contributed by atoms with Crippen molar-refractivity contribution in [2.75, 3.05) is 13.2 Å². The number of aliphatic hydroxyl groups is 1. The predicted octanol–water partition coefficient (Wildman–Crippen LogP) is 0.991. The van der Waals surface area contributed by atoms with Crippen molar-refractivity contribution in [2.24, 2.45) is 0 Å². The molecule has 0 aliphatic carbocycles. The molecule has 0 spiro atoms. The topological polar surface area (TPSA) is 84.9 Å². The van der Waals surface area contributed by atoms with Crippen LogP contribution in [0.3, 0.4) is 0 Å². The van der Waals surface area contributed by atoms with Gasteiger partial charge in [0, 0.05) is 13.0 Å². The lowest BCUT2D eigenvalue weighted by atomic mass is 10.2. The molecule has 0 rings (SSSR count). The summed E-state index contributed by atoms with van der Waals surface area (Å²) in [6, 6.07) is -0.926. The molecule has 104 valence electrons. The number of carbonyl (C=O) groups excluding carboxylic acids is 2. The lowest BCUT2D eigenvalue weighted by Gasteiger charge is -2.22. The summed E-state index contributed by atoms with van der Waals surface area (Å²) in [5, 5.41) is 11.2. The molecular formula is C12H21NO5. The van der Waals surface area contributed by atoms with Gasteiger partial charge in [0.05, 0.1) is 0 Å². The summed E-state index contributed by atoms with van der Waals surface area (Å²) in [5.41, 5.74) is -0.654.